The van der Waals surface area contributed by atoms with E-state index in [4.69, 9.17) is 0 Å². The first-order valence-corrected chi connectivity index (χ1v) is 10.6. The molecule has 1 aliphatic carbocycles. The average Bonchev–Trinajstić information content (AvgIpc) is 3.38. The van der Waals surface area contributed by atoms with Gasteiger partial charge in [0.2, 0.25) is 5.91 Å². The van der Waals surface area contributed by atoms with Crippen molar-refractivity contribution in [3.8, 4) is 0 Å². The number of halogens is 1. The minimum Gasteiger partial charge on any atom is -0.371 e. The number of benzene rings is 1. The molecule has 3 fully saturated rings. The van der Waals surface area contributed by atoms with Crippen LogP contribution < -0.4 is 15.5 Å². The molecule has 2 unspecified atom stereocenters. The number of nitrogens with one attached hydrogen (secondary N) is 2. The van der Waals surface area contributed by atoms with Gasteiger partial charge in [0.15, 0.2) is 0 Å². The average molecular weight is 449 g/mol. The minimum absolute atomic E-state index is 0.194. The topological polar surface area (TPSA) is 81.8 Å². The fraction of sp³-hybridized carbons (Fsp3) is 0.550. The van der Waals surface area contributed by atoms with Crippen molar-refractivity contribution < 1.29 is 14.4 Å². The van der Waals surface area contributed by atoms with Gasteiger partial charge in [-0.15, -0.1) is 0 Å². The maximum atomic E-state index is 12.6. The predicted octanol–water partition coefficient (Wildman–Crippen LogP) is 2.11. The van der Waals surface area contributed by atoms with E-state index in [1.54, 1.807) is 6.92 Å². The zero-order chi connectivity index (χ0) is 19.9. The van der Waals surface area contributed by atoms with E-state index in [1.165, 1.54) is 5.69 Å². The van der Waals surface area contributed by atoms with E-state index in [9.17, 15) is 14.4 Å². The number of carbonyl (C=O) groups is 3. The second-order valence-electron chi connectivity index (χ2n) is 8.18. The monoisotopic (exact) mass is 448 g/mol. The molecule has 2 saturated heterocycles. The molecule has 1 aromatic rings. The molecule has 1 aromatic carbocycles. The van der Waals surface area contributed by atoms with Gasteiger partial charge in [0.25, 0.3) is 5.91 Å². The third-order valence-corrected chi connectivity index (χ3v) is 6.54. The van der Waals surface area contributed by atoms with Gasteiger partial charge < -0.3 is 15.5 Å². The first-order chi connectivity index (χ1) is 13.4. The Bertz CT molecular complexity index is 812. The molecule has 150 valence electrons. The van der Waals surface area contributed by atoms with Crippen molar-refractivity contribution in [3.63, 3.8) is 0 Å². The van der Waals surface area contributed by atoms with Gasteiger partial charge in [0.1, 0.15) is 12.1 Å². The number of hydrogen-bond donors (Lipinski definition) is 2. The van der Waals surface area contributed by atoms with Gasteiger partial charge >= 0.3 is 6.03 Å². The van der Waals surface area contributed by atoms with Crippen molar-refractivity contribution in [1.29, 1.82) is 0 Å². The molecule has 3 aliphatic rings. The minimum atomic E-state index is -0.840. The van der Waals surface area contributed by atoms with Crippen LogP contribution in [0.5, 0.6) is 0 Å². The van der Waals surface area contributed by atoms with Crippen LogP contribution in [0, 0.1) is 11.8 Å². The fourth-order valence-electron chi connectivity index (χ4n) is 4.16. The van der Waals surface area contributed by atoms with Crippen LogP contribution in [0.15, 0.2) is 28.7 Å². The van der Waals surface area contributed by atoms with Crippen molar-refractivity contribution in [3.05, 3.63) is 28.7 Å². The second kappa shape index (κ2) is 7.39. The Morgan fingerprint density at radius 3 is 2.82 bits per heavy atom. The highest BCUT2D eigenvalue weighted by molar-refractivity contribution is 9.10. The number of hydrogen-bond acceptors (Lipinski definition) is 4. The Morgan fingerprint density at radius 2 is 2.11 bits per heavy atom. The molecule has 0 bridgehead atoms. The van der Waals surface area contributed by atoms with Gasteiger partial charge in [0, 0.05) is 29.8 Å². The van der Waals surface area contributed by atoms with Crippen molar-refractivity contribution in [1.82, 2.24) is 15.5 Å². The summed E-state index contributed by atoms with van der Waals surface area (Å²) in [5.74, 6) is -0.0245. The number of imide groups is 1. The lowest BCUT2D eigenvalue weighted by atomic mass is 9.96. The van der Waals surface area contributed by atoms with Crippen LogP contribution in [0.25, 0.3) is 0 Å². The van der Waals surface area contributed by atoms with E-state index in [-0.39, 0.29) is 24.3 Å². The number of nitrogens with zero attached hydrogens (tertiary/aromatic N) is 2. The zero-order valence-electron chi connectivity index (χ0n) is 15.9. The number of urea groups is 1. The lowest BCUT2D eigenvalue weighted by Crippen LogP contribution is -2.47. The maximum absolute atomic E-state index is 12.6. The number of rotatable bonds is 6. The van der Waals surface area contributed by atoms with E-state index in [0.717, 1.165) is 41.7 Å². The third kappa shape index (κ3) is 3.74. The largest absolute Gasteiger partial charge is 0.371 e. The summed E-state index contributed by atoms with van der Waals surface area (Å²) in [5, 5.41) is 5.67. The van der Waals surface area contributed by atoms with Crippen molar-refractivity contribution in [2.45, 2.75) is 31.7 Å². The molecule has 4 amide bonds. The van der Waals surface area contributed by atoms with Gasteiger partial charge in [-0.2, -0.15) is 0 Å². The zero-order valence-corrected chi connectivity index (χ0v) is 17.5. The van der Waals surface area contributed by atoms with Crippen molar-refractivity contribution in [2.75, 3.05) is 31.1 Å². The van der Waals surface area contributed by atoms with Crippen LogP contribution in [0.3, 0.4) is 0 Å². The molecule has 28 heavy (non-hydrogen) atoms. The van der Waals surface area contributed by atoms with E-state index in [2.05, 4.69) is 43.6 Å². The second-order valence-corrected chi connectivity index (χ2v) is 9.10. The lowest BCUT2D eigenvalue weighted by molar-refractivity contribution is -0.135. The molecule has 0 aromatic heterocycles. The fourth-order valence-corrected chi connectivity index (χ4v) is 4.55. The van der Waals surface area contributed by atoms with Crippen LogP contribution in [0.1, 0.15) is 26.2 Å². The smallest absolute Gasteiger partial charge is 0.325 e. The molecule has 2 aliphatic heterocycles. The Balaban J connectivity index is 1.26. The van der Waals surface area contributed by atoms with Gasteiger partial charge in [-0.1, -0.05) is 22.0 Å². The Kier molecular flexibility index (Phi) is 5.07. The maximum Gasteiger partial charge on any atom is 0.325 e. The summed E-state index contributed by atoms with van der Waals surface area (Å²) in [7, 11) is 0. The highest BCUT2D eigenvalue weighted by atomic mass is 79.9. The third-order valence-electron chi connectivity index (χ3n) is 6.04. The van der Waals surface area contributed by atoms with E-state index < -0.39 is 11.6 Å². The summed E-state index contributed by atoms with van der Waals surface area (Å²) >= 11 is 3.50. The highest BCUT2D eigenvalue weighted by Gasteiger charge is 2.56. The first kappa shape index (κ1) is 19.2. The molecule has 0 spiro atoms. The van der Waals surface area contributed by atoms with Crippen LogP contribution in [0.2, 0.25) is 0 Å². The molecule has 2 atom stereocenters. The number of anilines is 1. The molecule has 0 radical (unpaired) electrons. The number of amides is 4. The van der Waals surface area contributed by atoms with Crippen LogP contribution in [-0.2, 0) is 9.59 Å². The molecule has 8 heteroatoms. The summed E-state index contributed by atoms with van der Waals surface area (Å²) in [4.78, 5) is 40.4. The Labute approximate surface area is 172 Å². The quantitative estimate of drug-likeness (QED) is 0.652. The van der Waals surface area contributed by atoms with E-state index >= 15 is 0 Å². The van der Waals surface area contributed by atoms with Gasteiger partial charge in [-0.05, 0) is 56.2 Å². The first-order valence-electron chi connectivity index (χ1n) is 9.78. The van der Waals surface area contributed by atoms with E-state index in [1.807, 2.05) is 12.1 Å². The summed E-state index contributed by atoms with van der Waals surface area (Å²) < 4.78 is 1.05. The van der Waals surface area contributed by atoms with Gasteiger partial charge in [0.05, 0.1) is 0 Å². The highest BCUT2D eigenvalue weighted by Crippen LogP contribution is 2.42. The summed E-state index contributed by atoms with van der Waals surface area (Å²) in [6.45, 7) is 3.92. The summed E-state index contributed by atoms with van der Waals surface area (Å²) in [6, 6.07) is 7.73. The van der Waals surface area contributed by atoms with Crippen LogP contribution >= 0.6 is 15.9 Å². The Hall–Kier alpha value is -2.09. The Morgan fingerprint density at radius 1 is 1.32 bits per heavy atom. The molecule has 1 saturated carbocycles. The SMILES string of the molecule is CC1(C2CC2)NC(=O)N(CC(=O)NCC2CCN(c3cccc(Br)c3)C2)C1=O. The molecule has 7 nitrogen and oxygen atoms in total. The molecular weight excluding hydrogens is 424 g/mol. The normalized spacial score (nSPS) is 27.3. The summed E-state index contributed by atoms with van der Waals surface area (Å²) in [5.41, 5.74) is 0.328. The summed E-state index contributed by atoms with van der Waals surface area (Å²) in [6.07, 6.45) is 2.88. The van der Waals surface area contributed by atoms with E-state index in [0.29, 0.717) is 12.5 Å². The van der Waals surface area contributed by atoms with Crippen molar-refractivity contribution in [2.24, 2.45) is 11.8 Å². The number of carbonyl (C=O) groups excluding carboxylic acids is 3. The molecule has 2 heterocycles. The molecule has 4 rings (SSSR count). The van der Waals surface area contributed by atoms with Gasteiger partial charge in [-0.3, -0.25) is 14.5 Å². The van der Waals surface area contributed by atoms with Gasteiger partial charge in [-0.25, -0.2) is 4.79 Å². The molecule has 2 N–H and O–H groups in total. The standard InChI is InChI=1S/C20H25BrN4O3/c1-20(14-5-6-14)18(27)25(19(28)23-20)12-17(26)22-10-13-7-8-24(11-13)16-4-2-3-15(21)9-16/h2-4,9,13-14H,5-8,10-12H2,1H3,(H,22,26)(H,23,28). The lowest BCUT2D eigenvalue weighted by Gasteiger charge is -2.21. The van der Waals surface area contributed by atoms with Crippen LogP contribution in [0.4, 0.5) is 10.5 Å². The predicted molar refractivity (Wildman–Crippen MR) is 109 cm³/mol. The van der Waals surface area contributed by atoms with Crippen molar-refractivity contribution >= 4 is 39.5 Å². The molecular formula is C20H25BrN4O3. The van der Waals surface area contributed by atoms with Crippen LogP contribution in [-0.4, -0.2) is 54.5 Å².